The Morgan fingerprint density at radius 1 is 1.19 bits per heavy atom. The van der Waals surface area contributed by atoms with E-state index >= 15 is 0 Å². The molecule has 3 aromatic rings. The minimum Gasteiger partial charge on any atom is -0.379 e. The molecule has 1 aliphatic heterocycles. The first-order valence-electron chi connectivity index (χ1n) is 9.52. The van der Waals surface area contributed by atoms with Crippen molar-refractivity contribution in [1.82, 2.24) is 24.5 Å². The van der Waals surface area contributed by atoms with E-state index in [1.54, 1.807) is 28.9 Å². The van der Waals surface area contributed by atoms with Crippen molar-refractivity contribution < 1.29 is 17.9 Å². The standard InChI is InChI=1S/C19H19ClN6O4S2/c1-31-19-22-23-24-26(19)14-4-2-3-13(11-14)21-18(27)16-12-15(5-6-17(16)20)32(28,29)25-7-9-30-10-8-25/h2-6,11-12H,7-10H2,1H3,(H,21,27). The SMILES string of the molecule is CSc1nnnn1-c1cccc(NC(=O)c2cc(S(=O)(=O)N3CCOCC3)ccc2Cl)c1. The number of hydrogen-bond donors (Lipinski definition) is 1. The van der Waals surface area contributed by atoms with Gasteiger partial charge in [-0.1, -0.05) is 29.4 Å². The first-order chi connectivity index (χ1) is 15.4. The molecule has 1 amide bonds. The molecule has 2 heterocycles. The number of nitrogens with one attached hydrogen (secondary N) is 1. The van der Waals surface area contributed by atoms with E-state index in [1.807, 2.05) is 6.26 Å². The minimum atomic E-state index is -3.76. The van der Waals surface area contributed by atoms with Crippen LogP contribution >= 0.6 is 23.4 Å². The van der Waals surface area contributed by atoms with Crippen molar-refractivity contribution in [2.45, 2.75) is 10.1 Å². The fraction of sp³-hybridized carbons (Fsp3) is 0.263. The highest BCUT2D eigenvalue weighted by Crippen LogP contribution is 2.25. The number of amides is 1. The largest absolute Gasteiger partial charge is 0.379 e. The van der Waals surface area contributed by atoms with Crippen LogP contribution in [-0.2, 0) is 14.8 Å². The van der Waals surface area contributed by atoms with Crippen LogP contribution in [0, 0.1) is 0 Å². The Morgan fingerprint density at radius 3 is 2.72 bits per heavy atom. The molecule has 0 bridgehead atoms. The summed E-state index contributed by atoms with van der Waals surface area (Å²) < 4.78 is 34.0. The van der Waals surface area contributed by atoms with E-state index in [0.717, 1.165) is 0 Å². The van der Waals surface area contributed by atoms with E-state index in [-0.39, 0.29) is 28.6 Å². The molecule has 32 heavy (non-hydrogen) atoms. The number of morpholine rings is 1. The number of halogens is 1. The van der Waals surface area contributed by atoms with Gasteiger partial charge in [0.05, 0.1) is 34.4 Å². The van der Waals surface area contributed by atoms with Gasteiger partial charge >= 0.3 is 0 Å². The van der Waals surface area contributed by atoms with Crippen LogP contribution in [0.15, 0.2) is 52.5 Å². The molecule has 0 saturated carbocycles. The maximum absolute atomic E-state index is 12.9. The number of thioether (sulfide) groups is 1. The van der Waals surface area contributed by atoms with Gasteiger partial charge in [0.25, 0.3) is 5.91 Å². The third-order valence-corrected chi connectivity index (χ3v) is 7.61. The zero-order chi connectivity index (χ0) is 22.7. The molecule has 0 aliphatic carbocycles. The zero-order valence-electron chi connectivity index (χ0n) is 16.9. The van der Waals surface area contributed by atoms with E-state index in [1.165, 1.54) is 34.3 Å². The predicted molar refractivity (Wildman–Crippen MR) is 120 cm³/mol. The first kappa shape index (κ1) is 22.7. The highest BCUT2D eigenvalue weighted by Gasteiger charge is 2.27. The molecule has 1 aliphatic rings. The molecule has 1 aromatic heterocycles. The van der Waals surface area contributed by atoms with Crippen molar-refractivity contribution in [3.05, 3.63) is 53.1 Å². The number of carbonyl (C=O) groups excluding carboxylic acids is 1. The lowest BCUT2D eigenvalue weighted by Gasteiger charge is -2.26. The topological polar surface area (TPSA) is 119 Å². The number of rotatable bonds is 6. The van der Waals surface area contributed by atoms with E-state index in [0.29, 0.717) is 29.7 Å². The molecule has 1 saturated heterocycles. The van der Waals surface area contributed by atoms with Crippen LogP contribution < -0.4 is 5.32 Å². The lowest BCUT2D eigenvalue weighted by atomic mass is 10.2. The Morgan fingerprint density at radius 2 is 1.97 bits per heavy atom. The van der Waals surface area contributed by atoms with Crippen molar-refractivity contribution >= 4 is 45.0 Å². The fourth-order valence-corrected chi connectivity index (χ4v) is 5.23. The van der Waals surface area contributed by atoms with Crippen molar-refractivity contribution in [2.24, 2.45) is 0 Å². The average molecular weight is 495 g/mol. The molecule has 0 unspecified atom stereocenters. The molecule has 0 atom stereocenters. The number of anilines is 1. The summed E-state index contributed by atoms with van der Waals surface area (Å²) in [4.78, 5) is 12.9. The monoisotopic (exact) mass is 494 g/mol. The molecule has 10 nitrogen and oxygen atoms in total. The molecule has 0 spiro atoms. The second-order valence-electron chi connectivity index (χ2n) is 6.74. The number of carbonyl (C=O) groups is 1. The van der Waals surface area contributed by atoms with E-state index in [9.17, 15) is 13.2 Å². The Kier molecular flexibility index (Phi) is 6.76. The van der Waals surface area contributed by atoms with Crippen LogP contribution in [-0.4, -0.2) is 71.4 Å². The van der Waals surface area contributed by atoms with E-state index in [4.69, 9.17) is 16.3 Å². The third-order valence-electron chi connectivity index (χ3n) is 4.76. The maximum Gasteiger partial charge on any atom is 0.257 e. The lowest BCUT2D eigenvalue weighted by molar-refractivity contribution is 0.0730. The van der Waals surface area contributed by atoms with Gasteiger partial charge in [-0.3, -0.25) is 4.79 Å². The smallest absolute Gasteiger partial charge is 0.257 e. The van der Waals surface area contributed by atoms with Crippen LogP contribution in [0.4, 0.5) is 5.69 Å². The number of tetrazole rings is 1. The van der Waals surface area contributed by atoms with Crippen LogP contribution in [0.25, 0.3) is 5.69 Å². The highest BCUT2D eigenvalue weighted by molar-refractivity contribution is 7.98. The lowest BCUT2D eigenvalue weighted by Crippen LogP contribution is -2.40. The van der Waals surface area contributed by atoms with Crippen molar-refractivity contribution in [2.75, 3.05) is 37.9 Å². The molecule has 0 radical (unpaired) electrons. The van der Waals surface area contributed by atoms with Gasteiger partial charge in [0.15, 0.2) is 0 Å². The predicted octanol–water partition coefficient (Wildman–Crippen LogP) is 2.31. The highest BCUT2D eigenvalue weighted by atomic mass is 35.5. The number of hydrogen-bond acceptors (Lipinski definition) is 8. The van der Waals surface area contributed by atoms with E-state index < -0.39 is 15.9 Å². The summed E-state index contributed by atoms with van der Waals surface area (Å²) in [5.74, 6) is -0.534. The summed E-state index contributed by atoms with van der Waals surface area (Å²) in [6.07, 6.45) is 1.85. The molecule has 2 aromatic carbocycles. The van der Waals surface area contributed by atoms with Gasteiger partial charge in [-0.2, -0.15) is 8.99 Å². The second kappa shape index (κ2) is 9.55. The maximum atomic E-state index is 12.9. The number of ether oxygens (including phenoxy) is 1. The molecule has 13 heteroatoms. The molecule has 4 rings (SSSR count). The average Bonchev–Trinajstić information content (AvgIpc) is 3.29. The van der Waals surface area contributed by atoms with Crippen LogP contribution in [0.5, 0.6) is 0 Å². The minimum absolute atomic E-state index is 0.000929. The van der Waals surface area contributed by atoms with Crippen LogP contribution in [0.3, 0.4) is 0 Å². The molecular weight excluding hydrogens is 476 g/mol. The quantitative estimate of drug-likeness (QED) is 0.518. The van der Waals surface area contributed by atoms with E-state index in [2.05, 4.69) is 20.8 Å². The third kappa shape index (κ3) is 4.64. The number of nitrogens with zero attached hydrogens (tertiary/aromatic N) is 5. The normalized spacial score (nSPS) is 14.9. The summed E-state index contributed by atoms with van der Waals surface area (Å²) in [7, 11) is -3.76. The number of sulfonamides is 1. The van der Waals surface area contributed by atoms with Crippen molar-refractivity contribution in [1.29, 1.82) is 0 Å². The Bertz CT molecular complexity index is 1240. The summed E-state index contributed by atoms with van der Waals surface area (Å²) in [6.45, 7) is 1.18. The second-order valence-corrected chi connectivity index (χ2v) is 9.86. The first-order valence-corrected chi connectivity index (χ1v) is 12.6. The van der Waals surface area contributed by atoms with Crippen molar-refractivity contribution in [3.8, 4) is 5.69 Å². The summed E-state index contributed by atoms with van der Waals surface area (Å²) in [6, 6.07) is 11.0. The molecule has 1 fully saturated rings. The summed E-state index contributed by atoms with van der Waals surface area (Å²) in [5, 5.41) is 15.0. The van der Waals surface area contributed by atoms with Gasteiger partial charge in [0, 0.05) is 18.8 Å². The van der Waals surface area contributed by atoms with Gasteiger partial charge in [-0.15, -0.1) is 5.10 Å². The fourth-order valence-electron chi connectivity index (χ4n) is 3.16. The number of aromatic nitrogens is 4. The summed E-state index contributed by atoms with van der Waals surface area (Å²) in [5.41, 5.74) is 1.19. The van der Waals surface area contributed by atoms with Gasteiger partial charge < -0.3 is 10.1 Å². The van der Waals surface area contributed by atoms with Crippen molar-refractivity contribution in [3.63, 3.8) is 0 Å². The molecular formula is C19H19ClN6O4S2. The van der Waals surface area contributed by atoms with Gasteiger partial charge in [-0.25, -0.2) is 8.42 Å². The summed E-state index contributed by atoms with van der Waals surface area (Å²) >= 11 is 7.61. The number of benzene rings is 2. The molecule has 1 N–H and O–H groups in total. The Balaban J connectivity index is 1.59. The van der Waals surface area contributed by atoms with Crippen LogP contribution in [0.1, 0.15) is 10.4 Å². The van der Waals surface area contributed by atoms with Gasteiger partial charge in [0.2, 0.25) is 15.2 Å². The van der Waals surface area contributed by atoms with Gasteiger partial charge in [-0.05, 0) is 53.1 Å². The Hall–Kier alpha value is -2.51. The Labute approximate surface area is 193 Å². The zero-order valence-corrected chi connectivity index (χ0v) is 19.3. The van der Waals surface area contributed by atoms with Gasteiger partial charge in [0.1, 0.15) is 0 Å². The molecule has 168 valence electrons. The van der Waals surface area contributed by atoms with Crippen LogP contribution in [0.2, 0.25) is 5.02 Å².